The lowest BCUT2D eigenvalue weighted by molar-refractivity contribution is -0.178. The van der Waals surface area contributed by atoms with Gasteiger partial charge in [0.2, 0.25) is 0 Å². The van der Waals surface area contributed by atoms with Crippen LogP contribution in [-0.4, -0.2) is 70.6 Å². The monoisotopic (exact) mass is 544 g/mol. The average molecular weight is 546 g/mol. The molecule has 0 saturated carbocycles. The summed E-state index contributed by atoms with van der Waals surface area (Å²) in [5.74, 6) is 0. The van der Waals surface area contributed by atoms with Gasteiger partial charge in [0.15, 0.2) is 5.69 Å². The van der Waals surface area contributed by atoms with Crippen LogP contribution in [0.3, 0.4) is 0 Å². The van der Waals surface area contributed by atoms with Crippen molar-refractivity contribution >= 4 is 50.6 Å². The van der Waals surface area contributed by atoms with Crippen LogP contribution < -0.4 is 0 Å². The molecule has 1 fully saturated rings. The van der Waals surface area contributed by atoms with Gasteiger partial charge in [0.1, 0.15) is 51.7 Å². The fourth-order valence-corrected chi connectivity index (χ4v) is 5.62. The number of thioether (sulfide) groups is 1. The Kier molecular flexibility index (Phi) is 6.89. The number of pyridine rings is 1. The molecule has 0 aliphatic carbocycles. The molecule has 3 aromatic rings. The number of ether oxygens (including phenoxy) is 1. The standard InChI is InChI=1S/C17H14BrClN6O4S2/c18-7-1-11(8(2-20)21-3-7)31-17-15(28)13(14(27)10(5-26)29-17)25-4-9(23-24-25)16-22-12(19)6-30-16/h1,3-4,6,10,13-15,17,26-28H,5H2/t10?,13?,14-,15?,17+/m0/s1. The van der Waals surface area contributed by atoms with Crippen LogP contribution in [-0.2, 0) is 4.74 Å². The molecule has 14 heteroatoms. The lowest BCUT2D eigenvalue weighted by Crippen LogP contribution is -2.55. The Morgan fingerprint density at radius 3 is 2.87 bits per heavy atom. The molecule has 5 atom stereocenters. The summed E-state index contributed by atoms with van der Waals surface area (Å²) in [5.41, 5.74) is -0.331. The third-order valence-corrected chi connectivity index (χ3v) is 7.34. The van der Waals surface area contributed by atoms with E-state index >= 15 is 0 Å². The van der Waals surface area contributed by atoms with Gasteiger partial charge < -0.3 is 20.1 Å². The number of thiazole rings is 1. The zero-order valence-corrected chi connectivity index (χ0v) is 19.4. The molecule has 0 amide bonds. The van der Waals surface area contributed by atoms with E-state index in [-0.39, 0.29) is 5.69 Å². The van der Waals surface area contributed by atoms with Gasteiger partial charge in [-0.2, -0.15) is 5.26 Å². The normalized spacial score (nSPS) is 26.0. The number of nitrogens with zero attached hydrogens (tertiary/aromatic N) is 6. The predicted molar refractivity (Wildman–Crippen MR) is 115 cm³/mol. The van der Waals surface area contributed by atoms with Gasteiger partial charge in [0, 0.05) is 20.9 Å². The molecule has 0 aromatic carbocycles. The summed E-state index contributed by atoms with van der Waals surface area (Å²) >= 11 is 11.5. The van der Waals surface area contributed by atoms with Gasteiger partial charge >= 0.3 is 0 Å². The zero-order valence-electron chi connectivity index (χ0n) is 15.4. The minimum Gasteiger partial charge on any atom is -0.394 e. The van der Waals surface area contributed by atoms with E-state index in [1.165, 1.54) is 28.4 Å². The van der Waals surface area contributed by atoms with E-state index in [1.54, 1.807) is 11.4 Å². The summed E-state index contributed by atoms with van der Waals surface area (Å²) in [7, 11) is 0. The molecule has 1 aliphatic rings. The largest absolute Gasteiger partial charge is 0.394 e. The summed E-state index contributed by atoms with van der Waals surface area (Å²) < 4.78 is 7.69. The first kappa shape index (κ1) is 22.6. The number of aliphatic hydroxyl groups excluding tert-OH is 3. The Bertz CT molecular complexity index is 1120. The van der Waals surface area contributed by atoms with Crippen LogP contribution in [0, 0.1) is 11.3 Å². The first-order valence-corrected chi connectivity index (χ1v) is 11.7. The highest BCUT2D eigenvalue weighted by molar-refractivity contribution is 9.10. The minimum absolute atomic E-state index is 0.163. The molecular formula is C17H14BrClN6O4S2. The van der Waals surface area contributed by atoms with Gasteiger partial charge in [-0.25, -0.2) is 14.6 Å². The second kappa shape index (κ2) is 9.47. The summed E-state index contributed by atoms with van der Waals surface area (Å²) in [5, 5.41) is 51.4. The third kappa shape index (κ3) is 4.62. The highest BCUT2D eigenvalue weighted by atomic mass is 79.9. The number of rotatable bonds is 5. The molecule has 10 nitrogen and oxygen atoms in total. The molecule has 3 unspecified atom stereocenters. The molecule has 0 spiro atoms. The average Bonchev–Trinajstić information content (AvgIpc) is 3.39. The van der Waals surface area contributed by atoms with Gasteiger partial charge in [-0.15, -0.1) is 16.4 Å². The van der Waals surface area contributed by atoms with Crippen molar-refractivity contribution in [3.05, 3.63) is 39.2 Å². The maximum absolute atomic E-state index is 11.0. The maximum Gasteiger partial charge on any atom is 0.154 e. The second-order valence-corrected chi connectivity index (χ2v) is 9.79. The van der Waals surface area contributed by atoms with Crippen molar-refractivity contribution in [3.63, 3.8) is 0 Å². The van der Waals surface area contributed by atoms with Crippen molar-refractivity contribution in [2.75, 3.05) is 6.61 Å². The first-order valence-electron chi connectivity index (χ1n) is 8.79. The molecule has 1 aliphatic heterocycles. The van der Waals surface area contributed by atoms with Crippen molar-refractivity contribution in [1.82, 2.24) is 25.0 Å². The molecule has 4 heterocycles. The van der Waals surface area contributed by atoms with Gasteiger partial charge in [0.25, 0.3) is 0 Å². The number of hydrogen-bond acceptors (Lipinski definition) is 11. The van der Waals surface area contributed by atoms with Crippen LogP contribution in [0.5, 0.6) is 0 Å². The number of aromatic nitrogens is 5. The van der Waals surface area contributed by atoms with E-state index in [1.807, 2.05) is 6.07 Å². The van der Waals surface area contributed by atoms with Crippen molar-refractivity contribution in [2.24, 2.45) is 0 Å². The minimum atomic E-state index is -1.26. The first-order chi connectivity index (χ1) is 14.9. The van der Waals surface area contributed by atoms with E-state index in [0.29, 0.717) is 25.2 Å². The quantitative estimate of drug-likeness (QED) is 0.433. The van der Waals surface area contributed by atoms with Gasteiger partial charge in [-0.05, 0) is 22.0 Å². The van der Waals surface area contributed by atoms with Gasteiger partial charge in [0.05, 0.1) is 12.8 Å². The fraction of sp³-hybridized carbons (Fsp3) is 0.353. The Morgan fingerprint density at radius 2 is 2.19 bits per heavy atom. The molecule has 3 N–H and O–H groups in total. The SMILES string of the molecule is N#Cc1ncc(Br)cc1S[C@H]1OC(CO)[C@H](O)C(n2cc(-c3nc(Cl)cs3)nn2)C1O. The molecule has 0 bridgehead atoms. The summed E-state index contributed by atoms with van der Waals surface area (Å²) in [6.45, 7) is -0.479. The molecular weight excluding hydrogens is 532 g/mol. The molecule has 1 saturated heterocycles. The lowest BCUT2D eigenvalue weighted by Gasteiger charge is -2.41. The van der Waals surface area contributed by atoms with Crippen molar-refractivity contribution < 1.29 is 20.1 Å². The highest BCUT2D eigenvalue weighted by Crippen LogP contribution is 2.39. The number of hydrogen-bond donors (Lipinski definition) is 3. The lowest BCUT2D eigenvalue weighted by atomic mass is 9.97. The van der Waals surface area contributed by atoms with Crippen LogP contribution >= 0.6 is 50.6 Å². The Hall–Kier alpha value is -1.63. The number of halogens is 2. The van der Waals surface area contributed by atoms with Crippen LogP contribution in [0.4, 0.5) is 0 Å². The van der Waals surface area contributed by atoms with Gasteiger partial charge in [-0.1, -0.05) is 28.6 Å². The molecule has 4 rings (SSSR count). The topological polar surface area (TPSA) is 150 Å². The second-order valence-electron chi connectivity index (χ2n) is 6.49. The predicted octanol–water partition coefficient (Wildman–Crippen LogP) is 1.86. The smallest absolute Gasteiger partial charge is 0.154 e. The van der Waals surface area contributed by atoms with Crippen molar-refractivity contribution in [2.45, 2.75) is 34.7 Å². The summed E-state index contributed by atoms with van der Waals surface area (Å²) in [4.78, 5) is 8.66. The molecule has 162 valence electrons. The zero-order chi connectivity index (χ0) is 22.1. The van der Waals surface area contributed by atoms with Gasteiger partial charge in [-0.3, -0.25) is 0 Å². The number of aliphatic hydroxyl groups is 3. The Balaban J connectivity index is 1.64. The van der Waals surface area contributed by atoms with E-state index in [9.17, 15) is 20.6 Å². The van der Waals surface area contributed by atoms with Crippen LogP contribution in [0.2, 0.25) is 5.15 Å². The van der Waals surface area contributed by atoms with E-state index in [0.717, 1.165) is 11.8 Å². The third-order valence-electron chi connectivity index (χ3n) is 4.53. The molecule has 31 heavy (non-hydrogen) atoms. The highest BCUT2D eigenvalue weighted by Gasteiger charge is 2.46. The van der Waals surface area contributed by atoms with Crippen LogP contribution in [0.15, 0.2) is 33.2 Å². The summed E-state index contributed by atoms with van der Waals surface area (Å²) in [6.07, 6.45) is -0.468. The Labute approximate surface area is 197 Å². The molecule has 3 aromatic heterocycles. The maximum atomic E-state index is 11.0. The Morgan fingerprint density at radius 1 is 1.39 bits per heavy atom. The number of nitriles is 1. The van der Waals surface area contributed by atoms with Crippen LogP contribution in [0.25, 0.3) is 10.7 Å². The van der Waals surface area contributed by atoms with E-state index in [2.05, 4.69) is 36.2 Å². The fourth-order valence-electron chi connectivity index (χ4n) is 3.09. The van der Waals surface area contributed by atoms with Crippen molar-refractivity contribution in [3.8, 4) is 16.8 Å². The van der Waals surface area contributed by atoms with Crippen LogP contribution in [0.1, 0.15) is 11.7 Å². The molecule has 0 radical (unpaired) electrons. The van der Waals surface area contributed by atoms with E-state index < -0.39 is 36.4 Å². The van der Waals surface area contributed by atoms with E-state index in [4.69, 9.17) is 16.3 Å². The summed E-state index contributed by atoms with van der Waals surface area (Å²) in [6, 6.07) is 2.71. The van der Waals surface area contributed by atoms with Crippen molar-refractivity contribution in [1.29, 1.82) is 5.26 Å².